The highest BCUT2D eigenvalue weighted by molar-refractivity contribution is 5.73. The summed E-state index contributed by atoms with van der Waals surface area (Å²) in [4.78, 5) is 1.58. The van der Waals surface area contributed by atoms with Gasteiger partial charge in [0.2, 0.25) is 0 Å². The van der Waals surface area contributed by atoms with Gasteiger partial charge in [-0.05, 0) is 47.4 Å². The lowest BCUT2D eigenvalue weighted by Crippen LogP contribution is -2.25. The average Bonchev–Trinajstić information content (AvgIpc) is 3.08. The fraction of sp³-hybridized carbons (Fsp3) is 0.462. The Bertz CT molecular complexity index is 1010. The van der Waals surface area contributed by atoms with Crippen LogP contribution in [0.2, 0.25) is 0 Å². The van der Waals surface area contributed by atoms with Crippen LogP contribution in [0.25, 0.3) is 16.7 Å². The van der Waals surface area contributed by atoms with E-state index < -0.39 is 0 Å². The summed E-state index contributed by atoms with van der Waals surface area (Å²) in [6, 6.07) is 12.0. The van der Waals surface area contributed by atoms with Crippen molar-refractivity contribution in [3.8, 4) is 11.4 Å². The third-order valence-corrected chi connectivity index (χ3v) is 5.66. The molecular formula is C26H35N3O. The molecule has 4 heteroatoms. The molecule has 0 bridgehead atoms. The summed E-state index contributed by atoms with van der Waals surface area (Å²) in [5.74, 6) is 0.327. The van der Waals surface area contributed by atoms with E-state index in [-0.39, 0.29) is 22.5 Å². The Morgan fingerprint density at radius 2 is 1.67 bits per heavy atom. The smallest absolute Gasteiger partial charge is 0.146 e. The molecule has 1 heterocycles. The zero-order valence-electron chi connectivity index (χ0n) is 19.2. The molecule has 30 heavy (non-hydrogen) atoms. The second-order valence-electron chi connectivity index (χ2n) is 10.2. The number of hydrogen-bond donors (Lipinski definition) is 1. The Kier molecular flexibility index (Phi) is 6.07. The molecule has 1 aromatic heterocycles. The molecule has 3 rings (SSSR count). The topological polar surface area (TPSA) is 50.9 Å². The highest BCUT2D eigenvalue weighted by atomic mass is 16.3. The Morgan fingerprint density at radius 1 is 1.07 bits per heavy atom. The van der Waals surface area contributed by atoms with Crippen LogP contribution in [0.15, 0.2) is 49.1 Å². The van der Waals surface area contributed by atoms with Gasteiger partial charge in [0.15, 0.2) is 0 Å². The standard InChI is InChI=1S/C26H35N3O/c1-8-12-18(9-2)20-15-19(26(6,7)17-25(3,4)5)16-23(24(20)30)29-27-21-13-10-11-14-22(21)28-29/h9-11,13-16,18,30H,2,8,12,17H2,1,3-7H3. The van der Waals surface area contributed by atoms with Gasteiger partial charge in [0.05, 0.1) is 0 Å². The lowest BCUT2D eigenvalue weighted by Gasteiger charge is -2.34. The fourth-order valence-corrected chi connectivity index (χ4v) is 4.57. The predicted molar refractivity (Wildman–Crippen MR) is 125 cm³/mol. The summed E-state index contributed by atoms with van der Waals surface area (Å²) < 4.78 is 0. The molecule has 0 fully saturated rings. The number of nitrogens with zero attached hydrogens (tertiary/aromatic N) is 3. The highest BCUT2D eigenvalue weighted by Gasteiger charge is 2.30. The molecule has 1 N–H and O–H groups in total. The summed E-state index contributed by atoms with van der Waals surface area (Å²) in [6.07, 6.45) is 4.92. The largest absolute Gasteiger partial charge is 0.505 e. The molecule has 3 aromatic rings. The summed E-state index contributed by atoms with van der Waals surface area (Å²) in [5, 5.41) is 20.5. The van der Waals surface area contributed by atoms with Crippen molar-refractivity contribution in [2.24, 2.45) is 5.41 Å². The molecule has 2 aromatic carbocycles. The van der Waals surface area contributed by atoms with Crippen LogP contribution in [0.3, 0.4) is 0 Å². The average molecular weight is 406 g/mol. The number of fused-ring (bicyclic) bond motifs is 1. The minimum Gasteiger partial charge on any atom is -0.505 e. The van der Waals surface area contributed by atoms with E-state index in [1.807, 2.05) is 30.3 Å². The van der Waals surface area contributed by atoms with Crippen molar-refractivity contribution in [2.75, 3.05) is 0 Å². The van der Waals surface area contributed by atoms with Gasteiger partial charge in [-0.3, -0.25) is 0 Å². The molecule has 1 atom stereocenters. The summed E-state index contributed by atoms with van der Waals surface area (Å²) in [5.41, 5.74) is 4.45. The second-order valence-corrected chi connectivity index (χ2v) is 10.2. The van der Waals surface area contributed by atoms with E-state index in [9.17, 15) is 5.11 Å². The predicted octanol–water partition coefficient (Wildman–Crippen LogP) is 6.91. The van der Waals surface area contributed by atoms with Crippen molar-refractivity contribution in [2.45, 2.75) is 72.1 Å². The van der Waals surface area contributed by atoms with Gasteiger partial charge in [0.25, 0.3) is 0 Å². The molecule has 160 valence electrons. The van der Waals surface area contributed by atoms with Crippen LogP contribution in [0, 0.1) is 5.41 Å². The highest BCUT2D eigenvalue weighted by Crippen LogP contribution is 2.42. The molecular weight excluding hydrogens is 370 g/mol. The van der Waals surface area contributed by atoms with Gasteiger partial charge in [-0.2, -0.15) is 0 Å². The van der Waals surface area contributed by atoms with Crippen molar-refractivity contribution in [3.05, 3.63) is 60.2 Å². The Morgan fingerprint density at radius 3 is 2.17 bits per heavy atom. The van der Waals surface area contributed by atoms with Crippen molar-refractivity contribution < 1.29 is 5.11 Å². The van der Waals surface area contributed by atoms with E-state index in [0.717, 1.165) is 35.9 Å². The van der Waals surface area contributed by atoms with E-state index in [2.05, 4.69) is 70.5 Å². The molecule has 0 saturated heterocycles. The van der Waals surface area contributed by atoms with Gasteiger partial charge >= 0.3 is 0 Å². The van der Waals surface area contributed by atoms with Crippen LogP contribution in [-0.4, -0.2) is 20.1 Å². The Balaban J connectivity index is 2.23. The van der Waals surface area contributed by atoms with Crippen LogP contribution in [0.4, 0.5) is 0 Å². The number of allylic oxidation sites excluding steroid dienone is 1. The molecule has 4 nitrogen and oxygen atoms in total. The van der Waals surface area contributed by atoms with Crippen LogP contribution < -0.4 is 0 Å². The molecule has 0 saturated carbocycles. The molecule has 0 amide bonds. The minimum absolute atomic E-state index is 0.0695. The number of hydrogen-bond acceptors (Lipinski definition) is 3. The lowest BCUT2D eigenvalue weighted by atomic mass is 9.71. The number of benzene rings is 2. The molecule has 0 aliphatic rings. The molecule has 1 unspecified atom stereocenters. The maximum atomic E-state index is 11.3. The molecule has 0 aliphatic carbocycles. The van der Waals surface area contributed by atoms with E-state index in [1.54, 1.807) is 4.80 Å². The van der Waals surface area contributed by atoms with Gasteiger partial charge in [-0.25, -0.2) is 0 Å². The first kappa shape index (κ1) is 22.1. The number of aromatic nitrogens is 3. The van der Waals surface area contributed by atoms with E-state index in [1.165, 1.54) is 5.56 Å². The van der Waals surface area contributed by atoms with E-state index >= 15 is 0 Å². The van der Waals surface area contributed by atoms with Crippen molar-refractivity contribution in [1.82, 2.24) is 15.0 Å². The monoisotopic (exact) mass is 405 g/mol. The Hall–Kier alpha value is -2.62. The quantitative estimate of drug-likeness (QED) is 0.434. The van der Waals surface area contributed by atoms with E-state index in [4.69, 9.17) is 0 Å². The zero-order valence-corrected chi connectivity index (χ0v) is 19.2. The third kappa shape index (κ3) is 4.58. The second kappa shape index (κ2) is 8.25. The molecule has 0 radical (unpaired) electrons. The van der Waals surface area contributed by atoms with Gasteiger partial charge in [-0.15, -0.1) is 21.6 Å². The number of aromatic hydroxyl groups is 1. The summed E-state index contributed by atoms with van der Waals surface area (Å²) >= 11 is 0. The molecule has 0 spiro atoms. The van der Waals surface area contributed by atoms with Crippen LogP contribution >= 0.6 is 0 Å². The zero-order chi connectivity index (χ0) is 22.1. The normalized spacial score (nSPS) is 13.5. The number of phenolic OH excluding ortho intramolecular Hbond substituents is 1. The Labute approximate surface area is 180 Å². The maximum Gasteiger partial charge on any atom is 0.146 e. The lowest BCUT2D eigenvalue weighted by molar-refractivity contribution is 0.283. The van der Waals surface area contributed by atoms with Crippen LogP contribution in [0.1, 0.15) is 77.8 Å². The first-order valence-corrected chi connectivity index (χ1v) is 10.9. The minimum atomic E-state index is -0.0695. The van der Waals surface area contributed by atoms with E-state index in [0.29, 0.717) is 5.69 Å². The number of phenols is 1. The van der Waals surface area contributed by atoms with Crippen LogP contribution in [-0.2, 0) is 5.41 Å². The third-order valence-electron chi connectivity index (χ3n) is 5.66. The van der Waals surface area contributed by atoms with Crippen molar-refractivity contribution in [1.29, 1.82) is 0 Å². The van der Waals surface area contributed by atoms with Gasteiger partial charge in [-0.1, -0.05) is 72.2 Å². The van der Waals surface area contributed by atoms with Gasteiger partial charge in [0.1, 0.15) is 22.5 Å². The number of rotatable bonds is 7. The first-order chi connectivity index (χ1) is 14.1. The first-order valence-electron chi connectivity index (χ1n) is 10.9. The fourth-order valence-electron chi connectivity index (χ4n) is 4.57. The maximum absolute atomic E-state index is 11.3. The molecule has 0 aliphatic heterocycles. The summed E-state index contributed by atoms with van der Waals surface area (Å²) in [6.45, 7) is 17.5. The van der Waals surface area contributed by atoms with Gasteiger partial charge < -0.3 is 5.11 Å². The SMILES string of the molecule is C=CC(CCC)c1cc(C(C)(C)CC(C)(C)C)cc(-n2nc3ccccc3n2)c1O. The van der Waals surface area contributed by atoms with Gasteiger partial charge in [0, 0.05) is 11.5 Å². The summed E-state index contributed by atoms with van der Waals surface area (Å²) in [7, 11) is 0. The van der Waals surface area contributed by atoms with Crippen LogP contribution in [0.5, 0.6) is 5.75 Å². The van der Waals surface area contributed by atoms with Crippen molar-refractivity contribution >= 4 is 11.0 Å². The van der Waals surface area contributed by atoms with Crippen molar-refractivity contribution in [3.63, 3.8) is 0 Å².